The normalized spacial score (nSPS) is 23.6. The summed E-state index contributed by atoms with van der Waals surface area (Å²) in [6.07, 6.45) is 17.6. The molecule has 0 saturated heterocycles. The van der Waals surface area contributed by atoms with Crippen LogP contribution in [0.1, 0.15) is 106 Å². The monoisotopic (exact) mass is 416 g/mol. The predicted molar refractivity (Wildman–Crippen MR) is 132 cm³/mol. The lowest BCUT2D eigenvalue weighted by Gasteiger charge is -2.27. The van der Waals surface area contributed by atoms with Crippen molar-refractivity contribution < 1.29 is 10.2 Å². The van der Waals surface area contributed by atoms with E-state index < -0.39 is 5.60 Å². The molecular weight excluding hydrogens is 368 g/mol. The molecular formula is C28H48O2. The Morgan fingerprint density at radius 1 is 1.20 bits per heavy atom. The van der Waals surface area contributed by atoms with Gasteiger partial charge in [-0.05, 0) is 96.6 Å². The van der Waals surface area contributed by atoms with Gasteiger partial charge in [0.2, 0.25) is 0 Å². The Kier molecular flexibility index (Phi) is 12.0. The van der Waals surface area contributed by atoms with Crippen LogP contribution in [0.4, 0.5) is 0 Å². The highest BCUT2D eigenvalue weighted by molar-refractivity contribution is 5.39. The lowest BCUT2D eigenvalue weighted by atomic mass is 9.81. The van der Waals surface area contributed by atoms with Crippen molar-refractivity contribution in [3.8, 4) is 0 Å². The first-order valence-electron chi connectivity index (χ1n) is 12.1. The second kappa shape index (κ2) is 13.3. The number of aliphatic hydroxyl groups excluding tert-OH is 1. The van der Waals surface area contributed by atoms with E-state index in [4.69, 9.17) is 0 Å². The van der Waals surface area contributed by atoms with Crippen LogP contribution in [0.25, 0.3) is 0 Å². The molecule has 30 heavy (non-hydrogen) atoms. The molecule has 0 amide bonds. The molecule has 0 saturated carbocycles. The number of hydrogen-bond acceptors (Lipinski definition) is 2. The van der Waals surface area contributed by atoms with Crippen molar-refractivity contribution in [1.82, 2.24) is 0 Å². The van der Waals surface area contributed by atoms with Crippen LogP contribution in [-0.4, -0.2) is 21.9 Å². The molecule has 1 aliphatic rings. The van der Waals surface area contributed by atoms with Gasteiger partial charge in [0.15, 0.2) is 0 Å². The fourth-order valence-corrected chi connectivity index (χ4v) is 4.36. The lowest BCUT2D eigenvalue weighted by Crippen LogP contribution is -2.24. The molecule has 0 heterocycles. The van der Waals surface area contributed by atoms with Gasteiger partial charge in [-0.3, -0.25) is 0 Å². The van der Waals surface area contributed by atoms with E-state index >= 15 is 0 Å². The van der Waals surface area contributed by atoms with E-state index in [9.17, 15) is 10.2 Å². The van der Waals surface area contributed by atoms with Crippen LogP contribution in [0.3, 0.4) is 0 Å². The van der Waals surface area contributed by atoms with Crippen LogP contribution in [0.5, 0.6) is 0 Å². The third kappa shape index (κ3) is 9.79. The molecule has 0 fully saturated rings. The molecule has 0 aromatic heterocycles. The van der Waals surface area contributed by atoms with Gasteiger partial charge in [0.05, 0.1) is 11.7 Å². The zero-order chi connectivity index (χ0) is 22.7. The number of hydrogen-bond donors (Lipinski definition) is 2. The van der Waals surface area contributed by atoms with Crippen molar-refractivity contribution in [3.63, 3.8) is 0 Å². The zero-order valence-corrected chi connectivity index (χ0v) is 20.8. The maximum Gasteiger partial charge on any atom is 0.0789 e. The highest BCUT2D eigenvalue weighted by Crippen LogP contribution is 2.33. The third-order valence-corrected chi connectivity index (χ3v) is 7.08. The SMILES string of the molecule is C/C=C\C/C=C(\C)CCCC(C)(O)CCCC(C)CCC1=CC(O)C(C)C(C)=C1C. The molecule has 0 radical (unpaired) electrons. The molecule has 0 aromatic rings. The average Bonchev–Trinajstić information content (AvgIpc) is 2.68. The van der Waals surface area contributed by atoms with E-state index in [0.717, 1.165) is 57.8 Å². The van der Waals surface area contributed by atoms with Gasteiger partial charge in [-0.2, -0.15) is 0 Å². The predicted octanol–water partition coefficient (Wildman–Crippen LogP) is 7.68. The molecule has 172 valence electrons. The standard InChI is InChI=1S/C28H48O2/c1-8-9-10-13-21(2)14-11-18-28(7,30)19-12-15-22(3)16-17-26-20-27(29)25(6)23(4)24(26)5/h8-9,13,20,22,25,27,29-30H,10-12,14-19H2,1-7H3/b9-8-,21-13+. The summed E-state index contributed by atoms with van der Waals surface area (Å²) in [4.78, 5) is 0. The topological polar surface area (TPSA) is 40.5 Å². The Bertz CT molecular complexity index is 633. The molecule has 0 aromatic carbocycles. The van der Waals surface area contributed by atoms with Crippen molar-refractivity contribution in [2.45, 2.75) is 118 Å². The van der Waals surface area contributed by atoms with Crippen LogP contribution in [0.15, 0.2) is 46.6 Å². The number of rotatable bonds is 13. The number of allylic oxidation sites excluding steroid dienone is 6. The lowest BCUT2D eigenvalue weighted by molar-refractivity contribution is 0.0365. The van der Waals surface area contributed by atoms with Crippen molar-refractivity contribution >= 4 is 0 Å². The quantitative estimate of drug-likeness (QED) is 0.302. The average molecular weight is 417 g/mol. The molecule has 0 spiro atoms. The summed E-state index contributed by atoms with van der Waals surface area (Å²) in [5.41, 5.74) is 4.91. The van der Waals surface area contributed by atoms with Crippen LogP contribution < -0.4 is 0 Å². The Morgan fingerprint density at radius 3 is 2.53 bits per heavy atom. The fourth-order valence-electron chi connectivity index (χ4n) is 4.36. The molecule has 2 N–H and O–H groups in total. The molecule has 0 aliphatic heterocycles. The van der Waals surface area contributed by atoms with Crippen molar-refractivity contribution in [2.24, 2.45) is 11.8 Å². The molecule has 4 unspecified atom stereocenters. The summed E-state index contributed by atoms with van der Waals surface area (Å²) < 4.78 is 0. The molecule has 1 rings (SSSR count). The minimum Gasteiger partial charge on any atom is -0.390 e. The van der Waals surface area contributed by atoms with Gasteiger partial charge in [0, 0.05) is 5.92 Å². The first-order chi connectivity index (χ1) is 14.1. The Morgan fingerprint density at radius 2 is 1.87 bits per heavy atom. The van der Waals surface area contributed by atoms with Crippen LogP contribution in [-0.2, 0) is 0 Å². The Hall–Kier alpha value is -1.12. The van der Waals surface area contributed by atoms with Gasteiger partial charge in [-0.25, -0.2) is 0 Å². The zero-order valence-electron chi connectivity index (χ0n) is 20.8. The molecule has 4 atom stereocenters. The van der Waals surface area contributed by atoms with Gasteiger partial charge in [-0.15, -0.1) is 0 Å². The molecule has 1 aliphatic carbocycles. The second-order valence-electron chi connectivity index (χ2n) is 10.0. The van der Waals surface area contributed by atoms with Crippen molar-refractivity contribution in [3.05, 3.63) is 46.6 Å². The highest BCUT2D eigenvalue weighted by atomic mass is 16.3. The summed E-state index contributed by atoms with van der Waals surface area (Å²) in [5, 5.41) is 21.0. The van der Waals surface area contributed by atoms with Gasteiger partial charge in [0.25, 0.3) is 0 Å². The van der Waals surface area contributed by atoms with E-state index in [0.29, 0.717) is 5.92 Å². The second-order valence-corrected chi connectivity index (χ2v) is 10.0. The first kappa shape index (κ1) is 26.9. The van der Waals surface area contributed by atoms with E-state index in [1.807, 2.05) is 6.92 Å². The van der Waals surface area contributed by atoms with E-state index in [2.05, 4.69) is 65.8 Å². The fraction of sp³-hybridized carbons (Fsp3) is 0.714. The summed E-state index contributed by atoms with van der Waals surface area (Å²) in [7, 11) is 0. The van der Waals surface area contributed by atoms with Crippen LogP contribution in [0, 0.1) is 11.8 Å². The van der Waals surface area contributed by atoms with Gasteiger partial charge in [0.1, 0.15) is 0 Å². The Labute approximate surface area is 186 Å². The van der Waals surface area contributed by atoms with Gasteiger partial charge >= 0.3 is 0 Å². The molecule has 2 nitrogen and oxygen atoms in total. The summed E-state index contributed by atoms with van der Waals surface area (Å²) in [6.45, 7) is 15.0. The van der Waals surface area contributed by atoms with Gasteiger partial charge in [-0.1, -0.05) is 62.1 Å². The van der Waals surface area contributed by atoms with Crippen LogP contribution in [0.2, 0.25) is 0 Å². The minimum atomic E-state index is -0.550. The Balaban J connectivity index is 2.30. The van der Waals surface area contributed by atoms with Gasteiger partial charge < -0.3 is 10.2 Å². The van der Waals surface area contributed by atoms with Crippen LogP contribution >= 0.6 is 0 Å². The largest absolute Gasteiger partial charge is 0.390 e. The summed E-state index contributed by atoms with van der Waals surface area (Å²) in [5.74, 6) is 0.879. The molecule has 2 heteroatoms. The smallest absolute Gasteiger partial charge is 0.0789 e. The van der Waals surface area contributed by atoms with Crippen molar-refractivity contribution in [1.29, 1.82) is 0 Å². The maximum absolute atomic E-state index is 10.7. The van der Waals surface area contributed by atoms with E-state index in [1.54, 1.807) is 0 Å². The van der Waals surface area contributed by atoms with E-state index in [-0.39, 0.29) is 12.0 Å². The highest BCUT2D eigenvalue weighted by Gasteiger charge is 2.23. The number of aliphatic hydroxyl groups is 2. The summed E-state index contributed by atoms with van der Waals surface area (Å²) >= 11 is 0. The van der Waals surface area contributed by atoms with Crippen molar-refractivity contribution in [2.75, 3.05) is 0 Å². The minimum absolute atomic E-state index is 0.237. The first-order valence-corrected chi connectivity index (χ1v) is 12.1. The third-order valence-electron chi connectivity index (χ3n) is 7.08. The maximum atomic E-state index is 10.7. The summed E-state index contributed by atoms with van der Waals surface area (Å²) in [6, 6.07) is 0. The molecule has 0 bridgehead atoms. The van der Waals surface area contributed by atoms with E-state index in [1.165, 1.54) is 22.3 Å².